The van der Waals surface area contributed by atoms with E-state index in [4.69, 9.17) is 5.64 Å². The van der Waals surface area contributed by atoms with Gasteiger partial charge in [-0.1, -0.05) is 13.2 Å². The summed E-state index contributed by atoms with van der Waals surface area (Å²) in [5.41, 5.74) is 5.03. The first-order chi connectivity index (χ1) is 1.91. The molecule has 0 spiro atoms. The maximum absolute atomic E-state index is 5.03. The lowest BCUT2D eigenvalue weighted by atomic mass is 9.94. The second-order valence-electron chi connectivity index (χ2n) is 0.789. The predicted octanol–water partition coefficient (Wildman–Crippen LogP) is -0.265. The van der Waals surface area contributed by atoms with Crippen LogP contribution in [0.2, 0.25) is 6.32 Å². The molecule has 24 valence electrons. The Hall–Kier alpha value is 0.0249. The van der Waals surface area contributed by atoms with Crippen molar-refractivity contribution in [1.82, 2.24) is 0 Å². The Morgan fingerprint density at radius 3 is 2.25 bits per heavy atom. The van der Waals surface area contributed by atoms with Crippen LogP contribution in [0.3, 0.4) is 0 Å². The lowest BCUT2D eigenvalue weighted by molar-refractivity contribution is 1.44. The van der Waals surface area contributed by atoms with E-state index >= 15 is 0 Å². The molecule has 0 aromatic rings. The predicted molar refractivity (Wildman–Crippen MR) is 21.8 cm³/mol. The van der Waals surface area contributed by atoms with Gasteiger partial charge in [-0.3, -0.25) is 0 Å². The van der Waals surface area contributed by atoms with E-state index in [0.717, 1.165) is 13.7 Å². The van der Waals surface area contributed by atoms with E-state index in [1.807, 2.05) is 0 Å². The summed E-state index contributed by atoms with van der Waals surface area (Å²) < 4.78 is 0. The van der Waals surface area contributed by atoms with Crippen molar-refractivity contribution < 1.29 is 0 Å². The van der Waals surface area contributed by atoms with Crippen molar-refractivity contribution in [3.8, 4) is 0 Å². The summed E-state index contributed by atoms with van der Waals surface area (Å²) in [4.78, 5) is 0. The van der Waals surface area contributed by atoms with Crippen molar-refractivity contribution in [2.24, 2.45) is 5.64 Å². The molecular weight excluding hydrogens is 48.8 g/mol. The molecule has 1 nitrogen and oxygen atoms in total. The summed E-state index contributed by atoms with van der Waals surface area (Å²) in [5, 5.41) is 0. The highest BCUT2D eigenvalue weighted by molar-refractivity contribution is 6.30. The second kappa shape index (κ2) is 3.02. The Bertz CT molecular complexity index is 8.00. The van der Waals surface area contributed by atoms with Crippen molar-refractivity contribution in [1.29, 1.82) is 0 Å². The van der Waals surface area contributed by atoms with Crippen LogP contribution in [0.25, 0.3) is 0 Å². The Morgan fingerprint density at radius 2 is 2.25 bits per heavy atom. The highest BCUT2D eigenvalue weighted by atomic mass is 14.3. The van der Waals surface area contributed by atoms with Gasteiger partial charge in [0.2, 0.25) is 0 Å². The smallest absolute Gasteiger partial charge is 0.198 e. The van der Waals surface area contributed by atoms with Gasteiger partial charge in [0.25, 0.3) is 0 Å². The first-order valence-electron chi connectivity index (χ1n) is 1.62. The average molecular weight is 56.9 g/mol. The van der Waals surface area contributed by atoms with Gasteiger partial charge >= 0.3 is 0 Å². The van der Waals surface area contributed by atoms with Gasteiger partial charge in [0.15, 0.2) is 7.41 Å². The van der Waals surface area contributed by atoms with Crippen LogP contribution in [-0.2, 0) is 0 Å². The Morgan fingerprint density at radius 1 is 2.00 bits per heavy atom. The number of hydrogen-bond donors (Lipinski definition) is 1. The molecule has 0 aromatic heterocycles. The van der Waals surface area contributed by atoms with Crippen LogP contribution in [0.15, 0.2) is 0 Å². The SMILES string of the molecule is CCBN. The molecule has 0 fully saturated rings. The van der Waals surface area contributed by atoms with Crippen molar-refractivity contribution in [3.05, 3.63) is 0 Å². The average Bonchev–Trinajstić information content (AvgIpc) is 1.37. The largest absolute Gasteiger partial charge is 0.373 e. The number of nitrogens with two attached hydrogens (primary N) is 1. The first kappa shape index (κ1) is 4.02. The third-order valence-corrected chi connectivity index (χ3v) is 0.289. The van der Waals surface area contributed by atoms with Gasteiger partial charge < -0.3 is 5.64 Å². The molecule has 0 atom stereocenters. The summed E-state index contributed by atoms with van der Waals surface area (Å²) in [7, 11) is 0.819. The Labute approximate surface area is 27.5 Å². The summed E-state index contributed by atoms with van der Waals surface area (Å²) in [5.74, 6) is 0. The standard InChI is InChI=1S/C2H8BN/c1-2-3-4/h3H,2,4H2,1H3. The Kier molecular flexibility index (Phi) is 3.04. The molecule has 0 aliphatic carbocycles. The molecule has 0 unspecified atom stereocenters. The van der Waals surface area contributed by atoms with E-state index in [0.29, 0.717) is 0 Å². The summed E-state index contributed by atoms with van der Waals surface area (Å²) >= 11 is 0. The molecule has 2 heteroatoms. The van der Waals surface area contributed by atoms with Crippen LogP contribution in [-0.4, -0.2) is 7.41 Å². The molecule has 4 heavy (non-hydrogen) atoms. The van der Waals surface area contributed by atoms with Crippen molar-refractivity contribution >= 4 is 7.41 Å². The van der Waals surface area contributed by atoms with E-state index < -0.39 is 0 Å². The fraction of sp³-hybridized carbons (Fsp3) is 1.00. The lowest BCUT2D eigenvalue weighted by Crippen LogP contribution is -1.99. The van der Waals surface area contributed by atoms with E-state index in [1.54, 1.807) is 0 Å². The van der Waals surface area contributed by atoms with Gasteiger partial charge in [0.1, 0.15) is 0 Å². The molecule has 0 saturated carbocycles. The van der Waals surface area contributed by atoms with Gasteiger partial charge in [-0.15, -0.1) is 0 Å². The van der Waals surface area contributed by atoms with E-state index in [2.05, 4.69) is 6.92 Å². The number of rotatable bonds is 1. The van der Waals surface area contributed by atoms with Crippen molar-refractivity contribution in [3.63, 3.8) is 0 Å². The van der Waals surface area contributed by atoms with E-state index in [9.17, 15) is 0 Å². The quantitative estimate of drug-likeness (QED) is 0.412. The minimum atomic E-state index is 0.819. The summed E-state index contributed by atoms with van der Waals surface area (Å²) in [6, 6.07) is 0. The molecular formula is C2H8BN. The maximum Gasteiger partial charge on any atom is 0.198 e. The van der Waals surface area contributed by atoms with Crippen molar-refractivity contribution in [2.45, 2.75) is 13.2 Å². The third kappa shape index (κ3) is 2.02. The highest BCUT2D eigenvalue weighted by Gasteiger charge is 1.62. The van der Waals surface area contributed by atoms with Crippen molar-refractivity contribution in [2.75, 3.05) is 0 Å². The maximum atomic E-state index is 5.03. The molecule has 0 aliphatic rings. The zero-order valence-electron chi connectivity index (χ0n) is 2.99. The van der Waals surface area contributed by atoms with Crippen LogP contribution in [0.1, 0.15) is 6.92 Å². The molecule has 0 aliphatic heterocycles. The monoisotopic (exact) mass is 57.1 g/mol. The normalized spacial score (nSPS) is 6.50. The van der Waals surface area contributed by atoms with Gasteiger partial charge in [-0.25, -0.2) is 0 Å². The van der Waals surface area contributed by atoms with E-state index in [-0.39, 0.29) is 0 Å². The molecule has 0 heterocycles. The fourth-order valence-corrected chi connectivity index (χ4v) is 0. The van der Waals surface area contributed by atoms with Crippen LogP contribution >= 0.6 is 0 Å². The van der Waals surface area contributed by atoms with Gasteiger partial charge in [0, 0.05) is 0 Å². The van der Waals surface area contributed by atoms with Crippen LogP contribution in [0.5, 0.6) is 0 Å². The van der Waals surface area contributed by atoms with Gasteiger partial charge in [0.05, 0.1) is 0 Å². The van der Waals surface area contributed by atoms with E-state index in [1.165, 1.54) is 0 Å². The summed E-state index contributed by atoms with van der Waals surface area (Å²) in [6.07, 6.45) is 1.10. The molecule has 2 N–H and O–H groups in total. The topological polar surface area (TPSA) is 26.0 Å². The van der Waals surface area contributed by atoms with Crippen LogP contribution < -0.4 is 5.64 Å². The molecule has 0 saturated heterocycles. The second-order valence-corrected chi connectivity index (χ2v) is 0.789. The first-order valence-corrected chi connectivity index (χ1v) is 1.62. The number of hydrogen-bond acceptors (Lipinski definition) is 1. The summed E-state index contributed by atoms with van der Waals surface area (Å²) in [6.45, 7) is 2.06. The van der Waals surface area contributed by atoms with Crippen LogP contribution in [0.4, 0.5) is 0 Å². The zero-order chi connectivity index (χ0) is 3.41. The Balaban J connectivity index is 1.97. The highest BCUT2D eigenvalue weighted by Crippen LogP contribution is 1.56. The third-order valence-electron chi connectivity index (χ3n) is 0.289. The molecule has 0 amide bonds. The van der Waals surface area contributed by atoms with Crippen LogP contribution in [0, 0.1) is 0 Å². The zero-order valence-corrected chi connectivity index (χ0v) is 2.99. The molecule has 0 rings (SSSR count). The molecule has 0 aromatic carbocycles. The minimum Gasteiger partial charge on any atom is -0.373 e. The van der Waals surface area contributed by atoms with Gasteiger partial charge in [-0.2, -0.15) is 0 Å². The lowest BCUT2D eigenvalue weighted by Gasteiger charge is -1.65. The molecule has 0 bridgehead atoms. The van der Waals surface area contributed by atoms with Gasteiger partial charge in [-0.05, 0) is 0 Å². The fourth-order valence-electron chi connectivity index (χ4n) is 0. The molecule has 0 radical (unpaired) electrons. The minimum absolute atomic E-state index is 0.819.